The molecule has 1 aromatic heterocycles. The fraction of sp³-hybridized carbons (Fsp3) is 0.465. The number of aromatic nitrogens is 2. The van der Waals surface area contributed by atoms with Crippen molar-refractivity contribution in [1.29, 1.82) is 0 Å². The Morgan fingerprint density at radius 3 is 2.41 bits per heavy atom. The molecule has 5 aliphatic rings. The van der Waals surface area contributed by atoms with Crippen LogP contribution in [0.3, 0.4) is 0 Å². The number of anilines is 5. The van der Waals surface area contributed by atoms with Crippen LogP contribution in [-0.2, 0) is 19.2 Å². The van der Waals surface area contributed by atoms with Crippen LogP contribution >= 0.6 is 0 Å². The fourth-order valence-corrected chi connectivity index (χ4v) is 9.03. The second-order valence-corrected chi connectivity index (χ2v) is 16.8. The number of hydrogen-bond donors (Lipinski definition) is 4. The number of carbonyl (C=O) groups excluding carboxylic acids is 7. The summed E-state index contributed by atoms with van der Waals surface area (Å²) in [4.78, 5) is 103. The van der Waals surface area contributed by atoms with Gasteiger partial charge < -0.3 is 35.4 Å². The summed E-state index contributed by atoms with van der Waals surface area (Å²) in [6.45, 7) is -0.0809. The molecule has 2 aromatic carbocycles. The molecule has 1 atom stereocenters. The first-order chi connectivity index (χ1) is 31.4. The summed E-state index contributed by atoms with van der Waals surface area (Å²) >= 11 is 0. The van der Waals surface area contributed by atoms with Crippen LogP contribution in [0.25, 0.3) is 0 Å². The lowest BCUT2D eigenvalue weighted by Gasteiger charge is -2.32. The van der Waals surface area contributed by atoms with Crippen molar-refractivity contribution in [2.45, 2.75) is 94.6 Å². The Kier molecular flexibility index (Phi) is 12.5. The molecule has 350 valence electrons. The van der Waals surface area contributed by atoms with Gasteiger partial charge in [-0.15, -0.1) is 13.2 Å². The number of amides is 7. The molecule has 18 nitrogen and oxygen atoms in total. The van der Waals surface area contributed by atoms with Gasteiger partial charge in [-0.05, 0) is 68.9 Å². The van der Waals surface area contributed by atoms with Gasteiger partial charge in [0.2, 0.25) is 23.7 Å². The molecule has 0 bridgehead atoms. The highest BCUT2D eigenvalue weighted by molar-refractivity contribution is 6.25. The molecule has 23 heteroatoms. The van der Waals surface area contributed by atoms with Crippen LogP contribution < -0.4 is 35.8 Å². The zero-order valence-corrected chi connectivity index (χ0v) is 35.5. The van der Waals surface area contributed by atoms with Crippen molar-refractivity contribution >= 4 is 70.2 Å². The van der Waals surface area contributed by atoms with Crippen molar-refractivity contribution in [2.24, 2.45) is 0 Å². The van der Waals surface area contributed by atoms with E-state index in [1.165, 1.54) is 30.1 Å². The predicted molar refractivity (Wildman–Crippen MR) is 224 cm³/mol. The van der Waals surface area contributed by atoms with Gasteiger partial charge in [-0.1, -0.05) is 18.9 Å². The SMILES string of the molecule is CN1C(=O)C(F)(F)CN(C2CCCC2)c2nc(Nc3ccc(C(=O)NC4CCN(C(=O)CCCNc5cccc6c5C(=O)N(C5CCC(=O)NC5=O)C6=O)CC4)cc3OC(F)(F)F)ncc21. The van der Waals surface area contributed by atoms with Gasteiger partial charge in [0, 0.05) is 62.9 Å². The molecule has 4 N–H and O–H groups in total. The predicted octanol–water partition coefficient (Wildman–Crippen LogP) is 4.49. The van der Waals surface area contributed by atoms with E-state index >= 15 is 8.78 Å². The minimum Gasteiger partial charge on any atom is -0.404 e. The van der Waals surface area contributed by atoms with Gasteiger partial charge in [0.05, 0.1) is 29.6 Å². The first-order valence-electron chi connectivity index (χ1n) is 21.5. The smallest absolute Gasteiger partial charge is 0.404 e. The first kappa shape index (κ1) is 45.6. The largest absolute Gasteiger partial charge is 0.573 e. The van der Waals surface area contributed by atoms with Crippen molar-refractivity contribution in [2.75, 3.05) is 53.7 Å². The van der Waals surface area contributed by atoms with E-state index in [0.717, 1.165) is 34.9 Å². The summed E-state index contributed by atoms with van der Waals surface area (Å²) in [6, 6.07) is 6.14. The van der Waals surface area contributed by atoms with Crippen LogP contribution in [0.2, 0.25) is 0 Å². The summed E-state index contributed by atoms with van der Waals surface area (Å²) in [6.07, 6.45) is -0.0736. The van der Waals surface area contributed by atoms with Crippen LogP contribution in [-0.4, -0.2) is 125 Å². The number of carbonyl (C=O) groups is 7. The molecule has 1 unspecified atom stereocenters. The zero-order valence-electron chi connectivity index (χ0n) is 35.5. The van der Waals surface area contributed by atoms with E-state index in [2.05, 4.69) is 36.0 Å². The van der Waals surface area contributed by atoms with E-state index in [4.69, 9.17) is 0 Å². The van der Waals surface area contributed by atoms with Gasteiger partial charge in [0.25, 0.3) is 23.6 Å². The molecule has 1 saturated carbocycles. The molecule has 0 radical (unpaired) electrons. The van der Waals surface area contributed by atoms with Crippen LogP contribution in [0.5, 0.6) is 5.75 Å². The number of hydrogen-bond acceptors (Lipinski definition) is 13. The molecule has 3 aromatic rings. The second kappa shape index (κ2) is 18.1. The standard InChI is InChI=1S/C43H45F5N10O8/c1-55-30-21-50-41(54-35(30)57(25-6-2-3-7-25)22-42(44,45)40(55)65)52-27-12-11-23(20-31(27)66-43(46,47)48)36(61)51-24-15-18-56(19-16-24)33(60)10-5-17-49-28-9-4-8-26-34(28)39(64)58(38(26)63)29-13-14-32(59)53-37(29)62/h4,8-9,11-12,20-21,24-25,29,49H,2-3,5-7,10,13-19,22H2,1H3,(H,51,61)(H,50,52,54)(H,53,59,62). The van der Waals surface area contributed by atoms with E-state index < -0.39 is 72.1 Å². The lowest BCUT2D eigenvalue weighted by molar-refractivity contribution is -0.274. The van der Waals surface area contributed by atoms with E-state index in [1.54, 1.807) is 17.0 Å². The average Bonchev–Trinajstić information content (AvgIpc) is 3.89. The van der Waals surface area contributed by atoms with Gasteiger partial charge in [-0.25, -0.2) is 4.98 Å². The Morgan fingerprint density at radius 1 is 0.955 bits per heavy atom. The van der Waals surface area contributed by atoms with Gasteiger partial charge >= 0.3 is 12.3 Å². The Morgan fingerprint density at radius 2 is 1.70 bits per heavy atom. The Bertz CT molecular complexity index is 2480. The number of benzene rings is 2. The van der Waals surface area contributed by atoms with Crippen molar-refractivity contribution in [1.82, 2.24) is 30.4 Å². The highest BCUT2D eigenvalue weighted by Gasteiger charge is 2.49. The molecule has 7 amide bonds. The maximum Gasteiger partial charge on any atom is 0.573 e. The Balaban J connectivity index is 0.852. The lowest BCUT2D eigenvalue weighted by atomic mass is 10.0. The Hall–Kier alpha value is -6.94. The molecular weight excluding hydrogens is 880 g/mol. The number of fused-ring (bicyclic) bond motifs is 2. The van der Waals surface area contributed by atoms with Gasteiger partial charge in [-0.3, -0.25) is 43.8 Å². The number of halogens is 5. The third-order valence-corrected chi connectivity index (χ3v) is 12.4. The van der Waals surface area contributed by atoms with Gasteiger partial charge in [-0.2, -0.15) is 13.8 Å². The van der Waals surface area contributed by atoms with E-state index in [1.807, 2.05) is 0 Å². The number of nitrogens with zero attached hydrogens (tertiary/aromatic N) is 6. The van der Waals surface area contributed by atoms with Crippen LogP contribution in [0.15, 0.2) is 42.6 Å². The minimum absolute atomic E-state index is 0.00596. The van der Waals surface area contributed by atoms with Crippen molar-refractivity contribution < 1.29 is 60.3 Å². The molecule has 4 aliphatic heterocycles. The minimum atomic E-state index is -5.17. The van der Waals surface area contributed by atoms with E-state index in [9.17, 15) is 46.7 Å². The summed E-state index contributed by atoms with van der Waals surface area (Å²) in [5.41, 5.74) is 0.147. The maximum atomic E-state index is 15.0. The van der Waals surface area contributed by atoms with E-state index in [-0.39, 0.29) is 77.6 Å². The number of alkyl halides is 5. The first-order valence-corrected chi connectivity index (χ1v) is 21.5. The number of rotatable bonds is 12. The highest BCUT2D eigenvalue weighted by Crippen LogP contribution is 2.41. The molecule has 5 heterocycles. The van der Waals surface area contributed by atoms with Crippen molar-refractivity contribution in [3.05, 3.63) is 59.3 Å². The third kappa shape index (κ3) is 9.41. The van der Waals surface area contributed by atoms with Gasteiger partial charge in [0.1, 0.15) is 11.7 Å². The summed E-state index contributed by atoms with van der Waals surface area (Å²) in [5.74, 6) is -9.56. The number of likely N-dealkylation sites (tertiary alicyclic amines) is 1. The van der Waals surface area contributed by atoms with Crippen molar-refractivity contribution in [3.8, 4) is 5.75 Å². The maximum absolute atomic E-state index is 15.0. The monoisotopic (exact) mass is 924 g/mol. The second-order valence-electron chi connectivity index (χ2n) is 16.8. The van der Waals surface area contributed by atoms with Gasteiger partial charge in [0.15, 0.2) is 11.6 Å². The van der Waals surface area contributed by atoms with Crippen LogP contribution in [0.1, 0.15) is 95.3 Å². The fourth-order valence-electron chi connectivity index (χ4n) is 9.03. The summed E-state index contributed by atoms with van der Waals surface area (Å²) in [5, 5.41) is 10.7. The number of nitrogens with one attached hydrogen (secondary N) is 4. The highest BCUT2D eigenvalue weighted by atomic mass is 19.4. The molecule has 66 heavy (non-hydrogen) atoms. The molecule has 2 saturated heterocycles. The quantitative estimate of drug-likeness (QED) is 0.112. The number of imide groups is 2. The normalized spacial score (nSPS) is 20.2. The molecule has 0 spiro atoms. The topological polar surface area (TPSA) is 216 Å². The Labute approximate surface area is 373 Å². The van der Waals surface area contributed by atoms with Crippen molar-refractivity contribution in [3.63, 3.8) is 0 Å². The molecule has 1 aliphatic carbocycles. The molecule has 3 fully saturated rings. The molecular formula is C43H45F5N10O8. The summed E-state index contributed by atoms with van der Waals surface area (Å²) in [7, 11) is 1.17. The average molecular weight is 925 g/mol. The molecule has 8 rings (SSSR count). The zero-order chi connectivity index (χ0) is 47.1. The summed E-state index contributed by atoms with van der Waals surface area (Å²) < 4.78 is 75.4. The van der Waals surface area contributed by atoms with E-state index in [0.29, 0.717) is 50.9 Å². The number of ether oxygens (including phenoxy) is 1. The van der Waals surface area contributed by atoms with Crippen LogP contribution in [0, 0.1) is 0 Å². The number of piperidine rings is 2. The lowest BCUT2D eigenvalue weighted by Crippen LogP contribution is -2.54. The third-order valence-electron chi connectivity index (χ3n) is 12.4. The van der Waals surface area contributed by atoms with Crippen LogP contribution in [0.4, 0.5) is 50.8 Å².